The van der Waals surface area contributed by atoms with E-state index in [0.717, 1.165) is 17.7 Å². The van der Waals surface area contributed by atoms with Gasteiger partial charge in [0.05, 0.1) is 11.1 Å². The maximum atomic E-state index is 13.2. The van der Waals surface area contributed by atoms with Crippen molar-refractivity contribution >= 4 is 21.6 Å². The van der Waals surface area contributed by atoms with Crippen LogP contribution in [0.4, 0.5) is 0 Å². The molecule has 0 fully saturated rings. The van der Waals surface area contributed by atoms with Gasteiger partial charge in [-0.1, -0.05) is 41.9 Å². The van der Waals surface area contributed by atoms with Gasteiger partial charge in [0.25, 0.3) is 0 Å². The fraction of sp³-hybridized carbons (Fsp3) is 0.211. The third-order valence-electron chi connectivity index (χ3n) is 4.02. The zero-order chi connectivity index (χ0) is 18.6. The molecule has 0 N–H and O–H groups in total. The molecular weight excluding hydrogens is 370 g/mol. The number of halogens is 1. The van der Waals surface area contributed by atoms with Gasteiger partial charge < -0.3 is 0 Å². The van der Waals surface area contributed by atoms with Crippen molar-refractivity contribution in [2.75, 3.05) is 0 Å². The minimum atomic E-state index is -3.67. The Morgan fingerprint density at radius 2 is 1.65 bits per heavy atom. The average Bonchev–Trinajstić information content (AvgIpc) is 3.10. The molecule has 0 amide bonds. The number of aryl methyl sites for hydroxylation is 1. The van der Waals surface area contributed by atoms with E-state index in [1.165, 1.54) is 16.4 Å². The number of benzene rings is 2. The average molecular weight is 390 g/mol. The molecule has 0 radical (unpaired) electrons. The van der Waals surface area contributed by atoms with Gasteiger partial charge in [-0.25, -0.2) is 8.42 Å². The highest BCUT2D eigenvalue weighted by Crippen LogP contribution is 2.22. The summed E-state index contributed by atoms with van der Waals surface area (Å²) in [5.41, 5.74) is 1.77. The Morgan fingerprint density at radius 1 is 1.00 bits per heavy atom. The van der Waals surface area contributed by atoms with E-state index in [0.29, 0.717) is 5.02 Å². The summed E-state index contributed by atoms with van der Waals surface area (Å²) in [6.45, 7) is 3.26. The molecule has 3 aromatic rings. The summed E-state index contributed by atoms with van der Waals surface area (Å²) in [5, 5.41) is 4.74. The van der Waals surface area contributed by atoms with Crippen molar-refractivity contribution in [2.45, 2.75) is 31.5 Å². The first-order valence-corrected chi connectivity index (χ1v) is 10.1. The second-order valence-corrected chi connectivity index (χ2v) is 8.29. The molecular formula is C19H20ClN3O2S. The van der Waals surface area contributed by atoms with Crippen molar-refractivity contribution in [2.24, 2.45) is 0 Å². The first kappa shape index (κ1) is 18.6. The molecule has 0 aliphatic heterocycles. The lowest BCUT2D eigenvalue weighted by atomic mass is 10.2. The van der Waals surface area contributed by atoms with Crippen LogP contribution in [0.1, 0.15) is 18.1 Å². The van der Waals surface area contributed by atoms with Gasteiger partial charge in [-0.15, -0.1) is 0 Å². The maximum absolute atomic E-state index is 13.2. The van der Waals surface area contributed by atoms with E-state index in [9.17, 15) is 8.42 Å². The summed E-state index contributed by atoms with van der Waals surface area (Å²) in [4.78, 5) is 0.223. The first-order valence-electron chi connectivity index (χ1n) is 8.30. The molecule has 1 aromatic heterocycles. The third kappa shape index (κ3) is 4.33. The predicted molar refractivity (Wildman–Crippen MR) is 102 cm³/mol. The molecule has 7 heteroatoms. The molecule has 2 aromatic carbocycles. The van der Waals surface area contributed by atoms with Crippen LogP contribution in [0.25, 0.3) is 0 Å². The number of nitrogens with zero attached hydrogens (tertiary/aromatic N) is 3. The number of hydrogen-bond acceptors (Lipinski definition) is 3. The maximum Gasteiger partial charge on any atom is 0.243 e. The highest BCUT2D eigenvalue weighted by atomic mass is 35.5. The Hall–Kier alpha value is -2.15. The van der Waals surface area contributed by atoms with Crippen molar-refractivity contribution in [1.82, 2.24) is 14.1 Å². The van der Waals surface area contributed by atoms with Crippen LogP contribution < -0.4 is 0 Å². The molecule has 0 saturated heterocycles. The molecule has 3 rings (SSSR count). The summed E-state index contributed by atoms with van der Waals surface area (Å²) in [7, 11) is -3.67. The molecule has 0 spiro atoms. The smallest absolute Gasteiger partial charge is 0.243 e. The topological polar surface area (TPSA) is 55.2 Å². The lowest BCUT2D eigenvalue weighted by Crippen LogP contribution is -2.30. The fourth-order valence-corrected chi connectivity index (χ4v) is 4.18. The van der Waals surface area contributed by atoms with E-state index in [2.05, 4.69) is 5.10 Å². The van der Waals surface area contributed by atoms with Crippen molar-refractivity contribution < 1.29 is 8.42 Å². The SMILES string of the molecule is CCn1cc(CN(Cc2ccccc2)S(=O)(=O)c2ccc(Cl)cc2)cn1. The Kier molecular flexibility index (Phi) is 5.76. The van der Waals surface area contributed by atoms with Gasteiger partial charge in [-0.3, -0.25) is 4.68 Å². The number of aromatic nitrogens is 2. The number of sulfonamides is 1. The monoisotopic (exact) mass is 389 g/mol. The van der Waals surface area contributed by atoms with Crippen LogP contribution in [-0.2, 0) is 29.7 Å². The zero-order valence-electron chi connectivity index (χ0n) is 14.4. The van der Waals surface area contributed by atoms with Crippen LogP contribution in [0.5, 0.6) is 0 Å². The van der Waals surface area contributed by atoms with Crippen LogP contribution in [0.15, 0.2) is 71.9 Å². The van der Waals surface area contributed by atoms with E-state index in [4.69, 9.17) is 11.6 Å². The highest BCUT2D eigenvalue weighted by molar-refractivity contribution is 7.89. The van der Waals surface area contributed by atoms with Gasteiger partial charge in [0, 0.05) is 36.4 Å². The normalized spacial score (nSPS) is 11.8. The van der Waals surface area contributed by atoms with Gasteiger partial charge in [0.15, 0.2) is 0 Å². The van der Waals surface area contributed by atoms with E-state index in [1.54, 1.807) is 23.0 Å². The van der Waals surface area contributed by atoms with Gasteiger partial charge in [0.2, 0.25) is 10.0 Å². The second kappa shape index (κ2) is 8.03. The molecule has 0 unspecified atom stereocenters. The van der Waals surface area contributed by atoms with Crippen molar-refractivity contribution in [1.29, 1.82) is 0 Å². The number of rotatable bonds is 7. The van der Waals surface area contributed by atoms with Gasteiger partial charge >= 0.3 is 0 Å². The summed E-state index contributed by atoms with van der Waals surface area (Å²) in [6.07, 6.45) is 3.58. The lowest BCUT2D eigenvalue weighted by Gasteiger charge is -2.22. The van der Waals surface area contributed by atoms with Gasteiger partial charge in [-0.05, 0) is 36.8 Å². The van der Waals surface area contributed by atoms with Crippen molar-refractivity contribution in [3.8, 4) is 0 Å². The molecule has 0 aliphatic carbocycles. The van der Waals surface area contributed by atoms with E-state index < -0.39 is 10.0 Å². The van der Waals surface area contributed by atoms with Gasteiger partial charge in [0.1, 0.15) is 0 Å². The summed E-state index contributed by atoms with van der Waals surface area (Å²) in [6, 6.07) is 15.8. The molecule has 0 aliphatic rings. The molecule has 0 atom stereocenters. The van der Waals surface area contributed by atoms with Crippen LogP contribution in [0, 0.1) is 0 Å². The van der Waals surface area contributed by atoms with Crippen molar-refractivity contribution in [3.63, 3.8) is 0 Å². The molecule has 5 nitrogen and oxygen atoms in total. The predicted octanol–water partition coefficient (Wildman–Crippen LogP) is 3.95. The van der Waals surface area contributed by atoms with Crippen LogP contribution in [0.2, 0.25) is 5.02 Å². The Morgan fingerprint density at radius 3 is 2.27 bits per heavy atom. The summed E-state index contributed by atoms with van der Waals surface area (Å²) < 4.78 is 29.6. The molecule has 1 heterocycles. The standard InChI is InChI=1S/C19H20ClN3O2S/c1-2-22-13-17(12-21-22)15-23(14-16-6-4-3-5-7-16)26(24,25)19-10-8-18(20)9-11-19/h3-13H,2,14-15H2,1H3. The quantitative estimate of drug-likeness (QED) is 0.614. The Bertz CT molecular complexity index is 954. The summed E-state index contributed by atoms with van der Waals surface area (Å²) in [5.74, 6) is 0. The first-order chi connectivity index (χ1) is 12.5. The minimum absolute atomic E-state index is 0.223. The molecule has 0 saturated carbocycles. The summed E-state index contributed by atoms with van der Waals surface area (Å²) >= 11 is 5.90. The molecule has 0 bridgehead atoms. The van der Waals surface area contributed by atoms with Gasteiger partial charge in [-0.2, -0.15) is 9.40 Å². The minimum Gasteiger partial charge on any atom is -0.273 e. The Labute approximate surface area is 158 Å². The van der Waals surface area contributed by atoms with Crippen LogP contribution in [0.3, 0.4) is 0 Å². The molecule has 136 valence electrons. The third-order valence-corrected chi connectivity index (χ3v) is 6.08. The number of hydrogen-bond donors (Lipinski definition) is 0. The van der Waals surface area contributed by atoms with E-state index in [1.807, 2.05) is 43.5 Å². The highest BCUT2D eigenvalue weighted by Gasteiger charge is 2.25. The Balaban J connectivity index is 1.94. The van der Waals surface area contributed by atoms with Crippen LogP contribution in [-0.4, -0.2) is 22.5 Å². The van der Waals surface area contributed by atoms with Crippen molar-refractivity contribution in [3.05, 3.63) is 83.1 Å². The van der Waals surface area contributed by atoms with Crippen LogP contribution >= 0.6 is 11.6 Å². The fourth-order valence-electron chi connectivity index (χ4n) is 2.63. The lowest BCUT2D eigenvalue weighted by molar-refractivity contribution is 0.401. The van der Waals surface area contributed by atoms with E-state index in [-0.39, 0.29) is 18.0 Å². The zero-order valence-corrected chi connectivity index (χ0v) is 16.0. The van der Waals surface area contributed by atoms with E-state index >= 15 is 0 Å². The molecule has 26 heavy (non-hydrogen) atoms. The second-order valence-electron chi connectivity index (χ2n) is 5.92. The largest absolute Gasteiger partial charge is 0.273 e.